The summed E-state index contributed by atoms with van der Waals surface area (Å²) in [4.78, 5) is 12.8. The maximum absolute atomic E-state index is 5.24. The Kier molecular flexibility index (Phi) is 11.8. The lowest BCUT2D eigenvalue weighted by molar-refractivity contribution is 0.403. The van der Waals surface area contributed by atoms with Crippen molar-refractivity contribution in [3.05, 3.63) is 131 Å². The van der Waals surface area contributed by atoms with Crippen molar-refractivity contribution in [2.24, 2.45) is 23.7 Å². The normalized spacial score (nSPS) is 13.2. The maximum atomic E-state index is 5.24. The van der Waals surface area contributed by atoms with Crippen molar-refractivity contribution < 1.29 is 0 Å². The zero-order chi connectivity index (χ0) is 34.2. The minimum atomic E-state index is 0.527. The highest BCUT2D eigenvalue weighted by Crippen LogP contribution is 2.35. The first-order chi connectivity index (χ1) is 23.0. The zero-order valence-corrected chi connectivity index (χ0v) is 30.4. The molecule has 1 aliphatic heterocycles. The van der Waals surface area contributed by atoms with Gasteiger partial charge in [0.15, 0.2) is 5.82 Å². The molecule has 0 fully saturated rings. The Balaban J connectivity index is 1.59. The fourth-order valence-corrected chi connectivity index (χ4v) is 6.49. The molecular formula is C43H55N5. The highest BCUT2D eigenvalue weighted by Gasteiger charge is 2.25. The Morgan fingerprint density at radius 1 is 0.583 bits per heavy atom. The van der Waals surface area contributed by atoms with Crippen LogP contribution in [-0.4, -0.2) is 21.5 Å². The van der Waals surface area contributed by atoms with E-state index in [1.807, 2.05) is 0 Å². The number of aromatic nitrogens is 2. The minimum Gasteiger partial charge on any atom is -0.297 e. The lowest BCUT2D eigenvalue weighted by atomic mass is 10.0. The van der Waals surface area contributed by atoms with Gasteiger partial charge in [-0.3, -0.25) is 9.91 Å². The third-order valence-corrected chi connectivity index (χ3v) is 8.29. The van der Waals surface area contributed by atoms with Crippen LogP contribution in [0.3, 0.4) is 0 Å². The van der Waals surface area contributed by atoms with Gasteiger partial charge in [0.25, 0.3) is 0 Å². The topological polar surface area (TPSA) is 35.5 Å². The molecule has 48 heavy (non-hydrogen) atoms. The number of nitrogens with zero attached hydrogens (tertiary/aromatic N) is 5. The van der Waals surface area contributed by atoms with Gasteiger partial charge in [-0.15, -0.1) is 0 Å². The maximum Gasteiger partial charge on any atom is 0.152 e. The quantitative estimate of drug-likeness (QED) is 0.137. The second-order valence-corrected chi connectivity index (χ2v) is 15.0. The lowest BCUT2D eigenvalue weighted by Gasteiger charge is -2.39. The summed E-state index contributed by atoms with van der Waals surface area (Å²) >= 11 is 0. The van der Waals surface area contributed by atoms with Crippen LogP contribution in [0.1, 0.15) is 77.9 Å². The van der Waals surface area contributed by atoms with E-state index in [2.05, 4.69) is 174 Å². The Bertz CT molecular complexity index is 1590. The molecule has 0 saturated carbocycles. The van der Waals surface area contributed by atoms with E-state index in [4.69, 9.17) is 9.97 Å². The van der Waals surface area contributed by atoms with E-state index in [1.54, 1.807) is 0 Å². The molecule has 5 rings (SSSR count). The number of rotatable bonds is 14. The third-order valence-electron chi connectivity index (χ3n) is 8.29. The van der Waals surface area contributed by atoms with Crippen LogP contribution in [0.15, 0.2) is 109 Å². The molecule has 0 radical (unpaired) electrons. The van der Waals surface area contributed by atoms with E-state index in [1.165, 1.54) is 11.1 Å². The van der Waals surface area contributed by atoms with Crippen molar-refractivity contribution >= 4 is 23.0 Å². The monoisotopic (exact) mass is 641 g/mol. The molecule has 252 valence electrons. The number of hydrogen-bond donors (Lipinski definition) is 0. The first-order valence-electron chi connectivity index (χ1n) is 17.9. The van der Waals surface area contributed by atoms with Gasteiger partial charge in [-0.05, 0) is 121 Å². The second kappa shape index (κ2) is 16.1. The van der Waals surface area contributed by atoms with Gasteiger partial charge < -0.3 is 0 Å². The van der Waals surface area contributed by atoms with E-state index in [0.717, 1.165) is 65.8 Å². The predicted octanol–water partition coefficient (Wildman–Crippen LogP) is 10.9. The van der Waals surface area contributed by atoms with E-state index < -0.39 is 0 Å². The van der Waals surface area contributed by atoms with Gasteiger partial charge in [-0.25, -0.2) is 15.0 Å². The summed E-state index contributed by atoms with van der Waals surface area (Å²) in [6.07, 6.45) is 10.5. The lowest BCUT2D eigenvalue weighted by Crippen LogP contribution is -2.41. The molecule has 5 nitrogen and oxygen atoms in total. The van der Waals surface area contributed by atoms with Crippen molar-refractivity contribution in [2.45, 2.75) is 81.1 Å². The fourth-order valence-electron chi connectivity index (χ4n) is 6.49. The van der Waals surface area contributed by atoms with Gasteiger partial charge in [0.2, 0.25) is 0 Å². The Morgan fingerprint density at radius 3 is 1.67 bits per heavy atom. The number of hydrogen-bond acceptors (Lipinski definition) is 5. The van der Waals surface area contributed by atoms with Gasteiger partial charge in [-0.2, -0.15) is 0 Å². The van der Waals surface area contributed by atoms with Gasteiger partial charge >= 0.3 is 0 Å². The van der Waals surface area contributed by atoms with Crippen LogP contribution in [0.4, 0.5) is 23.0 Å². The SMILES string of the molecule is CC(C)Cc1cccc(N(C2=CC=CN(N(c3cccc(CC(C)C)c3)c3cccc(CC(C)C)n3)C2)c2cccc(CC(C)C)n2)c1. The van der Waals surface area contributed by atoms with Gasteiger partial charge in [0.1, 0.15) is 5.82 Å². The van der Waals surface area contributed by atoms with Crippen LogP contribution < -0.4 is 9.91 Å². The van der Waals surface area contributed by atoms with Crippen molar-refractivity contribution in [3.8, 4) is 0 Å². The van der Waals surface area contributed by atoms with Gasteiger partial charge in [0, 0.05) is 29.0 Å². The van der Waals surface area contributed by atoms with E-state index in [0.29, 0.717) is 30.2 Å². The number of benzene rings is 2. The average Bonchev–Trinajstić information content (AvgIpc) is 3.01. The highest BCUT2D eigenvalue weighted by molar-refractivity contribution is 5.68. The van der Waals surface area contributed by atoms with Crippen molar-refractivity contribution in [3.63, 3.8) is 0 Å². The van der Waals surface area contributed by atoms with Crippen LogP contribution in [-0.2, 0) is 25.7 Å². The van der Waals surface area contributed by atoms with Gasteiger partial charge in [-0.1, -0.05) is 91.8 Å². The van der Waals surface area contributed by atoms with E-state index in [-0.39, 0.29) is 0 Å². The predicted molar refractivity (Wildman–Crippen MR) is 204 cm³/mol. The molecule has 0 bridgehead atoms. The number of hydrazine groups is 1. The summed E-state index contributed by atoms with van der Waals surface area (Å²) in [5, 5.41) is 4.58. The van der Waals surface area contributed by atoms with Crippen LogP contribution in [0, 0.1) is 23.7 Å². The molecule has 3 heterocycles. The number of pyridine rings is 2. The van der Waals surface area contributed by atoms with Crippen LogP contribution in [0.25, 0.3) is 0 Å². The summed E-state index contributed by atoms with van der Waals surface area (Å²) in [6.45, 7) is 18.8. The molecule has 2 aromatic carbocycles. The highest BCUT2D eigenvalue weighted by atomic mass is 15.6. The summed E-state index contributed by atoms with van der Waals surface area (Å²) in [5.74, 6) is 4.07. The smallest absolute Gasteiger partial charge is 0.152 e. The van der Waals surface area contributed by atoms with Crippen LogP contribution in [0.5, 0.6) is 0 Å². The standard InChI is InChI=1S/C43H55N5/c1-31(2)24-35-14-9-18-39(28-35)47(42-21-11-16-37(44-42)26-33(5)6)41-20-13-23-46(30-41)48(40-19-10-15-36(29-40)25-32(3)4)43-22-12-17-38(45-43)27-34(7)8/h9-23,28-29,31-34H,24-27,30H2,1-8H3. The Labute approximate surface area is 290 Å². The zero-order valence-electron chi connectivity index (χ0n) is 30.4. The molecule has 2 aromatic heterocycles. The summed E-state index contributed by atoms with van der Waals surface area (Å²) in [5.41, 5.74) is 8.28. The average molecular weight is 642 g/mol. The number of allylic oxidation sites excluding steroid dienone is 2. The first-order valence-corrected chi connectivity index (χ1v) is 17.9. The van der Waals surface area contributed by atoms with Crippen LogP contribution >= 0.6 is 0 Å². The molecule has 5 heteroatoms. The Hall–Kier alpha value is -4.38. The van der Waals surface area contributed by atoms with Crippen molar-refractivity contribution in [2.75, 3.05) is 16.5 Å². The summed E-state index contributed by atoms with van der Waals surface area (Å²) in [7, 11) is 0. The van der Waals surface area contributed by atoms with Crippen molar-refractivity contribution in [1.29, 1.82) is 0 Å². The second-order valence-electron chi connectivity index (χ2n) is 15.0. The third kappa shape index (κ3) is 9.37. The number of anilines is 4. The molecule has 0 atom stereocenters. The molecule has 0 unspecified atom stereocenters. The van der Waals surface area contributed by atoms with Gasteiger partial charge in [0.05, 0.1) is 12.2 Å². The molecule has 1 aliphatic rings. The molecule has 4 aromatic rings. The Morgan fingerprint density at radius 2 is 1.08 bits per heavy atom. The molecule has 0 amide bonds. The first kappa shape index (κ1) is 34.9. The molecule has 0 saturated heterocycles. The van der Waals surface area contributed by atoms with Crippen molar-refractivity contribution in [1.82, 2.24) is 15.0 Å². The molecule has 0 aliphatic carbocycles. The minimum absolute atomic E-state index is 0.527. The summed E-state index contributed by atoms with van der Waals surface area (Å²) < 4.78 is 0. The molecular weight excluding hydrogens is 587 g/mol. The summed E-state index contributed by atoms with van der Waals surface area (Å²) in [6, 6.07) is 30.8. The molecule has 0 N–H and O–H groups in total. The van der Waals surface area contributed by atoms with E-state index in [9.17, 15) is 0 Å². The molecule has 0 spiro atoms. The van der Waals surface area contributed by atoms with Crippen LogP contribution in [0.2, 0.25) is 0 Å². The fraction of sp³-hybridized carbons (Fsp3) is 0.395. The van der Waals surface area contributed by atoms with E-state index >= 15 is 0 Å². The largest absolute Gasteiger partial charge is 0.297 e.